The van der Waals surface area contributed by atoms with Gasteiger partial charge in [-0.1, -0.05) is 0 Å². The number of hydrogen-bond acceptors (Lipinski definition) is 4. The molecule has 1 amide bonds. The number of hydrogen-bond donors (Lipinski definition) is 2. The zero-order valence-corrected chi connectivity index (χ0v) is 18.1. The van der Waals surface area contributed by atoms with Crippen LogP contribution in [0.15, 0.2) is 44.5 Å². The van der Waals surface area contributed by atoms with Gasteiger partial charge in [-0.2, -0.15) is 0 Å². The minimum atomic E-state index is -3.88. The summed E-state index contributed by atoms with van der Waals surface area (Å²) in [5.74, 6) is -0.237. The number of aryl methyl sites for hydroxylation is 3. The first-order chi connectivity index (χ1) is 13.0. The van der Waals surface area contributed by atoms with E-state index in [0.29, 0.717) is 32.4 Å². The number of amides is 1. The Balaban J connectivity index is 2.03. The van der Waals surface area contributed by atoms with E-state index >= 15 is 0 Å². The Bertz CT molecular complexity index is 1270. The minimum Gasteiger partial charge on any atom is -0.326 e. The second-order valence-corrected chi connectivity index (χ2v) is 8.99. The molecule has 0 aliphatic carbocycles. The van der Waals surface area contributed by atoms with Crippen molar-refractivity contribution in [2.24, 2.45) is 14.1 Å². The maximum absolute atomic E-state index is 12.9. The number of anilines is 2. The van der Waals surface area contributed by atoms with Crippen LogP contribution in [0.4, 0.5) is 11.4 Å². The van der Waals surface area contributed by atoms with Crippen LogP contribution in [-0.4, -0.2) is 23.5 Å². The molecule has 0 radical (unpaired) electrons. The highest BCUT2D eigenvalue weighted by Crippen LogP contribution is 2.30. The standard InChI is InChI=1S/C18H19BrN4O4S/c1-10-7-12(20-11(2)24)5-6-17(10)28(26,27)21-14-9-16-15(8-13(14)19)22(3)18(25)23(16)4/h5-9,21H,1-4H3,(H,20,24). The van der Waals surface area contributed by atoms with Gasteiger partial charge < -0.3 is 5.32 Å². The van der Waals surface area contributed by atoms with Crippen LogP contribution in [0.1, 0.15) is 12.5 Å². The van der Waals surface area contributed by atoms with Crippen molar-refractivity contribution in [1.29, 1.82) is 0 Å². The number of halogens is 1. The Morgan fingerprint density at radius 2 is 1.68 bits per heavy atom. The van der Waals surface area contributed by atoms with E-state index in [1.54, 1.807) is 39.2 Å². The molecule has 1 aromatic heterocycles. The number of nitrogens with zero attached hydrogens (tertiary/aromatic N) is 2. The van der Waals surface area contributed by atoms with E-state index in [-0.39, 0.29) is 16.5 Å². The first-order valence-electron chi connectivity index (χ1n) is 8.27. The number of carbonyl (C=O) groups is 1. The van der Waals surface area contributed by atoms with Gasteiger partial charge in [-0.25, -0.2) is 13.2 Å². The van der Waals surface area contributed by atoms with Gasteiger partial charge >= 0.3 is 5.69 Å². The fourth-order valence-electron chi connectivity index (χ4n) is 3.03. The summed E-state index contributed by atoms with van der Waals surface area (Å²) in [6.07, 6.45) is 0. The third-order valence-electron chi connectivity index (χ3n) is 4.39. The van der Waals surface area contributed by atoms with E-state index in [1.165, 1.54) is 28.2 Å². The van der Waals surface area contributed by atoms with Crippen molar-refractivity contribution in [2.45, 2.75) is 18.7 Å². The SMILES string of the molecule is CC(=O)Nc1ccc(S(=O)(=O)Nc2cc3c(cc2Br)n(C)c(=O)n3C)c(C)c1. The number of benzene rings is 2. The van der Waals surface area contributed by atoms with Crippen molar-refractivity contribution in [2.75, 3.05) is 10.0 Å². The first kappa shape index (κ1) is 20.2. The zero-order chi connectivity index (χ0) is 20.8. The molecule has 0 bridgehead atoms. The normalized spacial score (nSPS) is 11.6. The summed E-state index contributed by atoms with van der Waals surface area (Å²) >= 11 is 3.37. The highest BCUT2D eigenvalue weighted by atomic mass is 79.9. The monoisotopic (exact) mass is 466 g/mol. The van der Waals surface area contributed by atoms with Crippen molar-refractivity contribution in [3.05, 3.63) is 50.9 Å². The third-order valence-corrected chi connectivity index (χ3v) is 6.57. The van der Waals surface area contributed by atoms with Crippen LogP contribution in [0.2, 0.25) is 0 Å². The van der Waals surface area contributed by atoms with Crippen LogP contribution in [-0.2, 0) is 28.9 Å². The highest BCUT2D eigenvalue weighted by molar-refractivity contribution is 9.10. The number of imidazole rings is 1. The number of aromatic nitrogens is 2. The Kier molecular flexibility index (Phi) is 5.11. The number of nitrogens with one attached hydrogen (secondary N) is 2. The molecule has 148 valence electrons. The minimum absolute atomic E-state index is 0.0931. The molecule has 28 heavy (non-hydrogen) atoms. The zero-order valence-electron chi connectivity index (χ0n) is 15.7. The lowest BCUT2D eigenvalue weighted by atomic mass is 10.2. The van der Waals surface area contributed by atoms with Crippen LogP contribution in [0, 0.1) is 6.92 Å². The fourth-order valence-corrected chi connectivity index (χ4v) is 4.89. The molecule has 1 heterocycles. The molecular formula is C18H19BrN4O4S. The molecule has 8 nitrogen and oxygen atoms in total. The molecule has 0 spiro atoms. The second-order valence-electron chi connectivity index (χ2n) is 6.49. The van der Waals surface area contributed by atoms with Gasteiger partial charge in [0.25, 0.3) is 10.0 Å². The van der Waals surface area contributed by atoms with Crippen LogP contribution in [0.5, 0.6) is 0 Å². The summed E-state index contributed by atoms with van der Waals surface area (Å²) in [7, 11) is -0.603. The molecule has 0 aliphatic heterocycles. The van der Waals surface area contributed by atoms with Gasteiger partial charge in [0.1, 0.15) is 0 Å². The second kappa shape index (κ2) is 7.10. The lowest BCUT2D eigenvalue weighted by Crippen LogP contribution is -2.19. The smallest absolute Gasteiger partial charge is 0.326 e. The van der Waals surface area contributed by atoms with Crippen LogP contribution in [0.3, 0.4) is 0 Å². The third kappa shape index (κ3) is 3.57. The van der Waals surface area contributed by atoms with Crippen LogP contribution >= 0.6 is 15.9 Å². The van der Waals surface area contributed by atoms with Gasteiger partial charge in [-0.05, 0) is 58.7 Å². The average Bonchev–Trinajstić information content (AvgIpc) is 2.78. The lowest BCUT2D eigenvalue weighted by Gasteiger charge is -2.13. The fraction of sp³-hybridized carbons (Fsp3) is 0.222. The quantitative estimate of drug-likeness (QED) is 0.616. The Labute approximate surface area is 170 Å². The molecule has 0 aliphatic rings. The number of fused-ring (bicyclic) bond motifs is 1. The predicted octanol–water partition coefficient (Wildman–Crippen LogP) is 2.71. The lowest BCUT2D eigenvalue weighted by molar-refractivity contribution is -0.114. The molecule has 2 N–H and O–H groups in total. The molecule has 0 unspecified atom stereocenters. The summed E-state index contributed by atoms with van der Waals surface area (Å²) in [6, 6.07) is 7.87. The van der Waals surface area contributed by atoms with E-state index in [2.05, 4.69) is 26.0 Å². The molecule has 0 saturated carbocycles. The van der Waals surface area contributed by atoms with E-state index in [1.807, 2.05) is 0 Å². The van der Waals surface area contributed by atoms with Crippen LogP contribution in [0.25, 0.3) is 11.0 Å². The van der Waals surface area contributed by atoms with Crippen molar-refractivity contribution >= 4 is 54.3 Å². The average molecular weight is 467 g/mol. The van der Waals surface area contributed by atoms with E-state index in [0.717, 1.165) is 0 Å². The highest BCUT2D eigenvalue weighted by Gasteiger charge is 2.20. The molecule has 0 atom stereocenters. The van der Waals surface area contributed by atoms with E-state index < -0.39 is 10.0 Å². The first-order valence-corrected chi connectivity index (χ1v) is 10.5. The summed E-state index contributed by atoms with van der Waals surface area (Å²) in [5, 5.41) is 2.62. The van der Waals surface area contributed by atoms with Crippen molar-refractivity contribution < 1.29 is 13.2 Å². The Morgan fingerprint density at radius 1 is 1.07 bits per heavy atom. The van der Waals surface area contributed by atoms with Gasteiger partial charge in [0.05, 0.1) is 21.6 Å². The van der Waals surface area contributed by atoms with Crippen molar-refractivity contribution in [3.63, 3.8) is 0 Å². The largest absolute Gasteiger partial charge is 0.328 e. The van der Waals surface area contributed by atoms with Crippen molar-refractivity contribution in [3.8, 4) is 0 Å². The molecule has 3 aromatic rings. The van der Waals surface area contributed by atoms with E-state index in [4.69, 9.17) is 0 Å². The van der Waals surface area contributed by atoms with Gasteiger partial charge in [-0.3, -0.25) is 18.7 Å². The van der Waals surface area contributed by atoms with Gasteiger partial charge in [0, 0.05) is 31.2 Å². The van der Waals surface area contributed by atoms with Gasteiger partial charge in [0.2, 0.25) is 5.91 Å². The number of sulfonamides is 1. The van der Waals surface area contributed by atoms with Gasteiger partial charge in [-0.15, -0.1) is 0 Å². The van der Waals surface area contributed by atoms with Gasteiger partial charge in [0.15, 0.2) is 0 Å². The maximum Gasteiger partial charge on any atom is 0.328 e. The number of rotatable bonds is 4. The molecule has 0 fully saturated rings. The number of carbonyl (C=O) groups excluding carboxylic acids is 1. The summed E-state index contributed by atoms with van der Waals surface area (Å²) in [4.78, 5) is 23.4. The summed E-state index contributed by atoms with van der Waals surface area (Å²) in [5.41, 5.74) is 2.41. The maximum atomic E-state index is 12.9. The predicted molar refractivity (Wildman–Crippen MR) is 112 cm³/mol. The summed E-state index contributed by atoms with van der Waals surface area (Å²) in [6.45, 7) is 3.03. The van der Waals surface area contributed by atoms with E-state index in [9.17, 15) is 18.0 Å². The van der Waals surface area contributed by atoms with Crippen LogP contribution < -0.4 is 15.7 Å². The topological polar surface area (TPSA) is 102 Å². The molecule has 2 aromatic carbocycles. The van der Waals surface area contributed by atoms with Crippen molar-refractivity contribution in [1.82, 2.24) is 9.13 Å². The Hall–Kier alpha value is -2.59. The molecular weight excluding hydrogens is 448 g/mol. The molecule has 10 heteroatoms. The molecule has 3 rings (SSSR count). The Morgan fingerprint density at radius 3 is 2.25 bits per heavy atom. The molecule has 0 saturated heterocycles. The summed E-state index contributed by atoms with van der Waals surface area (Å²) < 4.78 is 31.8.